The number of hydrogen-bond acceptors (Lipinski definition) is 3. The lowest BCUT2D eigenvalue weighted by Gasteiger charge is -2.06. The summed E-state index contributed by atoms with van der Waals surface area (Å²) in [6, 6.07) is 5.45. The Hall–Kier alpha value is -1.71. The van der Waals surface area contributed by atoms with E-state index in [-0.39, 0.29) is 12.7 Å². The number of anilines is 1. The first-order valence-corrected chi connectivity index (χ1v) is 4.99. The molecule has 0 fully saturated rings. The van der Waals surface area contributed by atoms with Crippen molar-refractivity contribution in [3.8, 4) is 11.5 Å². The van der Waals surface area contributed by atoms with Crippen LogP contribution in [0.4, 0.5) is 5.69 Å². The molecule has 4 nitrogen and oxygen atoms in total. The third-order valence-corrected chi connectivity index (χ3v) is 2.15. The van der Waals surface area contributed by atoms with Crippen LogP contribution in [0.25, 0.3) is 0 Å². The van der Waals surface area contributed by atoms with Gasteiger partial charge in [0.2, 0.25) is 12.7 Å². The van der Waals surface area contributed by atoms with Gasteiger partial charge in [0.15, 0.2) is 11.5 Å². The highest BCUT2D eigenvalue weighted by molar-refractivity contribution is 5.92. The maximum Gasteiger partial charge on any atom is 0.231 e. The number of para-hydroxylation sites is 1. The summed E-state index contributed by atoms with van der Waals surface area (Å²) < 4.78 is 10.5. The molecule has 0 bridgehead atoms. The van der Waals surface area contributed by atoms with E-state index < -0.39 is 0 Å². The summed E-state index contributed by atoms with van der Waals surface area (Å²) in [4.78, 5) is 11.4. The van der Waals surface area contributed by atoms with Crippen molar-refractivity contribution in [1.29, 1.82) is 0 Å². The summed E-state index contributed by atoms with van der Waals surface area (Å²) in [6.07, 6.45) is 1.35. The number of ether oxygens (including phenoxy) is 2. The van der Waals surface area contributed by atoms with Gasteiger partial charge in [-0.15, -0.1) is 0 Å². The van der Waals surface area contributed by atoms with Crippen molar-refractivity contribution >= 4 is 11.6 Å². The zero-order valence-corrected chi connectivity index (χ0v) is 8.58. The molecule has 4 heteroatoms. The molecule has 1 aromatic carbocycles. The standard InChI is InChI=1S/C11H13NO3/c1-2-4-10(13)12-8-5-3-6-9-11(8)15-7-14-9/h3,5-6H,2,4,7H2,1H3,(H,12,13). The van der Waals surface area contributed by atoms with Crippen molar-refractivity contribution in [3.63, 3.8) is 0 Å². The highest BCUT2D eigenvalue weighted by atomic mass is 16.7. The van der Waals surface area contributed by atoms with Crippen LogP contribution in [0.5, 0.6) is 11.5 Å². The number of nitrogens with one attached hydrogen (secondary N) is 1. The maximum atomic E-state index is 11.4. The second-order valence-electron chi connectivity index (χ2n) is 3.34. The third kappa shape index (κ3) is 2.03. The van der Waals surface area contributed by atoms with E-state index >= 15 is 0 Å². The molecule has 2 rings (SSSR count). The van der Waals surface area contributed by atoms with E-state index in [2.05, 4.69) is 5.32 Å². The van der Waals surface area contributed by atoms with Gasteiger partial charge in [-0.05, 0) is 18.6 Å². The number of rotatable bonds is 3. The van der Waals surface area contributed by atoms with Crippen LogP contribution in [0, 0.1) is 0 Å². The van der Waals surface area contributed by atoms with Crippen LogP contribution in [-0.2, 0) is 4.79 Å². The highest BCUT2D eigenvalue weighted by Gasteiger charge is 2.18. The molecule has 0 saturated carbocycles. The van der Waals surface area contributed by atoms with Gasteiger partial charge >= 0.3 is 0 Å². The molecular weight excluding hydrogens is 194 g/mol. The topological polar surface area (TPSA) is 47.6 Å². The van der Waals surface area contributed by atoms with Crippen molar-refractivity contribution in [3.05, 3.63) is 18.2 Å². The minimum Gasteiger partial charge on any atom is -0.454 e. The molecule has 80 valence electrons. The normalized spacial score (nSPS) is 12.6. The predicted octanol–water partition coefficient (Wildman–Crippen LogP) is 2.15. The van der Waals surface area contributed by atoms with Crippen molar-refractivity contribution in [2.45, 2.75) is 19.8 Å². The van der Waals surface area contributed by atoms with Gasteiger partial charge < -0.3 is 14.8 Å². The van der Waals surface area contributed by atoms with E-state index in [1.54, 1.807) is 6.07 Å². The van der Waals surface area contributed by atoms with Gasteiger partial charge in [-0.3, -0.25) is 4.79 Å². The molecule has 1 N–H and O–H groups in total. The lowest BCUT2D eigenvalue weighted by molar-refractivity contribution is -0.116. The number of hydrogen-bond donors (Lipinski definition) is 1. The van der Waals surface area contributed by atoms with Gasteiger partial charge in [-0.25, -0.2) is 0 Å². The Kier molecular flexibility index (Phi) is 2.76. The molecule has 1 aliphatic heterocycles. The third-order valence-electron chi connectivity index (χ3n) is 2.15. The Morgan fingerprint density at radius 3 is 3.13 bits per heavy atom. The number of carbonyl (C=O) groups is 1. The van der Waals surface area contributed by atoms with Crippen molar-refractivity contribution < 1.29 is 14.3 Å². The molecule has 0 aromatic heterocycles. The molecule has 0 aliphatic carbocycles. The first kappa shape index (κ1) is 9.83. The Balaban J connectivity index is 2.15. The molecule has 0 unspecified atom stereocenters. The fourth-order valence-corrected chi connectivity index (χ4v) is 1.47. The molecule has 1 amide bonds. The monoisotopic (exact) mass is 207 g/mol. The zero-order chi connectivity index (χ0) is 10.7. The Labute approximate surface area is 88.2 Å². The van der Waals surface area contributed by atoms with Crippen molar-refractivity contribution in [2.75, 3.05) is 12.1 Å². The van der Waals surface area contributed by atoms with Crippen LogP contribution >= 0.6 is 0 Å². The lowest BCUT2D eigenvalue weighted by Crippen LogP contribution is -2.11. The van der Waals surface area contributed by atoms with E-state index in [4.69, 9.17) is 9.47 Å². The van der Waals surface area contributed by atoms with Crippen LogP contribution in [0.15, 0.2) is 18.2 Å². The van der Waals surface area contributed by atoms with Crippen LogP contribution in [0.3, 0.4) is 0 Å². The molecule has 0 saturated heterocycles. The summed E-state index contributed by atoms with van der Waals surface area (Å²) in [6.45, 7) is 2.19. The van der Waals surface area contributed by atoms with Gasteiger partial charge in [0, 0.05) is 6.42 Å². The SMILES string of the molecule is CCCC(=O)Nc1cccc2c1OCO2. The smallest absolute Gasteiger partial charge is 0.231 e. The summed E-state index contributed by atoms with van der Waals surface area (Å²) in [5.74, 6) is 1.31. The number of carbonyl (C=O) groups excluding carboxylic acids is 1. The van der Waals surface area contributed by atoms with Gasteiger partial charge in [-0.1, -0.05) is 13.0 Å². The number of amides is 1. The molecule has 0 atom stereocenters. The second kappa shape index (κ2) is 4.21. The van der Waals surface area contributed by atoms with Crippen LogP contribution < -0.4 is 14.8 Å². The average Bonchev–Trinajstić information content (AvgIpc) is 2.67. The minimum atomic E-state index is 0.00130. The maximum absolute atomic E-state index is 11.4. The van der Waals surface area contributed by atoms with Gasteiger partial charge in [-0.2, -0.15) is 0 Å². The summed E-state index contributed by atoms with van der Waals surface area (Å²) in [7, 11) is 0. The van der Waals surface area contributed by atoms with Crippen LogP contribution in [0.2, 0.25) is 0 Å². The van der Waals surface area contributed by atoms with Crippen molar-refractivity contribution in [2.24, 2.45) is 0 Å². The molecule has 1 heterocycles. The van der Waals surface area contributed by atoms with Crippen LogP contribution in [-0.4, -0.2) is 12.7 Å². The van der Waals surface area contributed by atoms with E-state index in [1.807, 2.05) is 19.1 Å². The zero-order valence-electron chi connectivity index (χ0n) is 8.58. The van der Waals surface area contributed by atoms with Crippen molar-refractivity contribution in [1.82, 2.24) is 0 Å². The first-order valence-electron chi connectivity index (χ1n) is 4.99. The molecule has 1 aliphatic rings. The molecule has 15 heavy (non-hydrogen) atoms. The second-order valence-corrected chi connectivity index (χ2v) is 3.34. The summed E-state index contributed by atoms with van der Waals surface area (Å²) >= 11 is 0. The number of benzene rings is 1. The van der Waals surface area contributed by atoms with E-state index in [0.29, 0.717) is 23.6 Å². The quantitative estimate of drug-likeness (QED) is 0.826. The highest BCUT2D eigenvalue weighted by Crippen LogP contribution is 2.38. The fourth-order valence-electron chi connectivity index (χ4n) is 1.47. The Morgan fingerprint density at radius 2 is 2.33 bits per heavy atom. The number of fused-ring (bicyclic) bond motifs is 1. The molecule has 0 spiro atoms. The summed E-state index contributed by atoms with van der Waals surface area (Å²) in [5.41, 5.74) is 0.684. The lowest BCUT2D eigenvalue weighted by atomic mass is 10.2. The minimum absolute atomic E-state index is 0.00130. The first-order chi connectivity index (χ1) is 7.31. The molecular formula is C11H13NO3. The predicted molar refractivity (Wildman–Crippen MR) is 56.1 cm³/mol. The van der Waals surface area contributed by atoms with Gasteiger partial charge in [0.05, 0.1) is 5.69 Å². The molecule has 0 radical (unpaired) electrons. The average molecular weight is 207 g/mol. The molecule has 1 aromatic rings. The van der Waals surface area contributed by atoms with E-state index in [9.17, 15) is 4.79 Å². The Morgan fingerprint density at radius 1 is 1.47 bits per heavy atom. The fraction of sp³-hybridized carbons (Fsp3) is 0.364. The Bertz CT molecular complexity index is 376. The van der Waals surface area contributed by atoms with Gasteiger partial charge in [0.25, 0.3) is 0 Å². The van der Waals surface area contributed by atoms with Crippen LogP contribution in [0.1, 0.15) is 19.8 Å². The van der Waals surface area contributed by atoms with E-state index in [1.165, 1.54) is 0 Å². The largest absolute Gasteiger partial charge is 0.454 e. The summed E-state index contributed by atoms with van der Waals surface area (Å²) in [5, 5.41) is 2.80. The van der Waals surface area contributed by atoms with Gasteiger partial charge in [0.1, 0.15) is 0 Å². The van der Waals surface area contributed by atoms with E-state index in [0.717, 1.165) is 6.42 Å².